The zero-order valence-corrected chi connectivity index (χ0v) is 8.79. The van der Waals surface area contributed by atoms with Crippen molar-refractivity contribution in [2.45, 2.75) is 44.3 Å². The van der Waals surface area contributed by atoms with Gasteiger partial charge in [0.1, 0.15) is 6.04 Å². The molecule has 14 heavy (non-hydrogen) atoms. The van der Waals surface area contributed by atoms with Gasteiger partial charge in [-0.15, -0.1) is 0 Å². The van der Waals surface area contributed by atoms with E-state index < -0.39 is 0 Å². The van der Waals surface area contributed by atoms with Gasteiger partial charge in [0.15, 0.2) is 0 Å². The minimum atomic E-state index is -0.324. The van der Waals surface area contributed by atoms with Crippen molar-refractivity contribution >= 4 is 5.91 Å². The second-order valence-corrected chi connectivity index (χ2v) is 4.98. The summed E-state index contributed by atoms with van der Waals surface area (Å²) < 4.78 is 0. The lowest BCUT2D eigenvalue weighted by Gasteiger charge is -2.43. The minimum absolute atomic E-state index is 0.0318. The molecule has 1 heterocycles. The highest BCUT2D eigenvalue weighted by Gasteiger charge is 2.44. The number of hydrogen-bond donors (Lipinski definition) is 2. The summed E-state index contributed by atoms with van der Waals surface area (Å²) in [6.07, 6.45) is 2.33. The minimum Gasteiger partial charge on any atom is -0.394 e. The molecule has 2 rings (SSSR count). The normalized spacial score (nSPS) is 32.8. The Morgan fingerprint density at radius 1 is 1.57 bits per heavy atom. The Labute approximate surface area is 84.3 Å². The maximum Gasteiger partial charge on any atom is 0.240 e. The van der Waals surface area contributed by atoms with Crippen LogP contribution in [0.2, 0.25) is 0 Å². The third kappa shape index (κ3) is 1.77. The summed E-state index contributed by atoms with van der Waals surface area (Å²) in [6.45, 7) is 4.81. The summed E-state index contributed by atoms with van der Waals surface area (Å²) in [5.41, 5.74) is -0.161. The molecule has 4 nitrogen and oxygen atoms in total. The van der Waals surface area contributed by atoms with Gasteiger partial charge in [0.2, 0.25) is 5.91 Å². The lowest BCUT2D eigenvalue weighted by Crippen LogP contribution is -2.66. The maximum absolute atomic E-state index is 11.7. The van der Waals surface area contributed by atoms with Gasteiger partial charge in [-0.2, -0.15) is 0 Å². The number of nitrogens with zero attached hydrogens (tertiary/aromatic N) is 1. The summed E-state index contributed by atoms with van der Waals surface area (Å²) in [4.78, 5) is 13.8. The van der Waals surface area contributed by atoms with Crippen LogP contribution >= 0.6 is 0 Å². The predicted octanol–water partition coefficient (Wildman–Crippen LogP) is -0.280. The monoisotopic (exact) mass is 198 g/mol. The Morgan fingerprint density at radius 2 is 2.21 bits per heavy atom. The molecule has 1 atom stereocenters. The van der Waals surface area contributed by atoms with E-state index in [9.17, 15) is 9.90 Å². The molecule has 4 heteroatoms. The fraction of sp³-hybridized carbons (Fsp3) is 0.900. The Morgan fingerprint density at radius 3 is 2.71 bits per heavy atom. The van der Waals surface area contributed by atoms with E-state index in [1.807, 2.05) is 13.8 Å². The van der Waals surface area contributed by atoms with Crippen molar-refractivity contribution in [1.29, 1.82) is 0 Å². The molecule has 0 aromatic carbocycles. The number of amides is 1. The topological polar surface area (TPSA) is 52.6 Å². The van der Waals surface area contributed by atoms with Crippen LogP contribution in [-0.2, 0) is 4.79 Å². The molecule has 0 radical (unpaired) electrons. The second-order valence-electron chi connectivity index (χ2n) is 4.98. The molecule has 0 spiro atoms. The van der Waals surface area contributed by atoms with Crippen LogP contribution in [0.15, 0.2) is 0 Å². The van der Waals surface area contributed by atoms with Crippen LogP contribution in [0.3, 0.4) is 0 Å². The van der Waals surface area contributed by atoms with Gasteiger partial charge in [-0.1, -0.05) is 0 Å². The third-order valence-corrected chi connectivity index (χ3v) is 2.93. The predicted molar refractivity (Wildman–Crippen MR) is 52.8 cm³/mol. The molecule has 1 aliphatic carbocycles. The number of aliphatic hydroxyl groups excluding tert-OH is 1. The van der Waals surface area contributed by atoms with E-state index in [4.69, 9.17) is 0 Å². The fourth-order valence-electron chi connectivity index (χ4n) is 2.15. The van der Waals surface area contributed by atoms with E-state index in [1.165, 1.54) is 12.8 Å². The molecule has 1 aliphatic heterocycles. The standard InChI is InChI=1S/C10H18N2O2/c1-10(2)6-12(7-3-4-7)8(5-13)9(14)11-10/h7-8,13H,3-6H2,1-2H3,(H,11,14). The number of carbonyl (C=O) groups is 1. The average molecular weight is 198 g/mol. The van der Waals surface area contributed by atoms with Crippen molar-refractivity contribution in [3.8, 4) is 0 Å². The van der Waals surface area contributed by atoms with Gasteiger partial charge < -0.3 is 10.4 Å². The van der Waals surface area contributed by atoms with E-state index in [0.29, 0.717) is 6.04 Å². The largest absolute Gasteiger partial charge is 0.394 e. The van der Waals surface area contributed by atoms with E-state index >= 15 is 0 Å². The molecular weight excluding hydrogens is 180 g/mol. The quantitative estimate of drug-likeness (QED) is 0.641. The molecule has 80 valence electrons. The number of carbonyl (C=O) groups excluding carboxylic acids is 1. The molecule has 0 bridgehead atoms. The van der Waals surface area contributed by atoms with Crippen LogP contribution < -0.4 is 5.32 Å². The first-order valence-electron chi connectivity index (χ1n) is 5.22. The highest BCUT2D eigenvalue weighted by molar-refractivity contribution is 5.83. The Balaban J connectivity index is 2.13. The highest BCUT2D eigenvalue weighted by atomic mass is 16.3. The molecule has 2 N–H and O–H groups in total. The first kappa shape index (κ1) is 9.93. The third-order valence-electron chi connectivity index (χ3n) is 2.93. The molecule has 2 aliphatic rings. The number of aliphatic hydroxyl groups is 1. The molecule has 1 amide bonds. The number of rotatable bonds is 2. The SMILES string of the molecule is CC1(C)CN(C2CC2)C(CO)C(=O)N1. The average Bonchev–Trinajstić information content (AvgIpc) is 2.83. The van der Waals surface area contributed by atoms with Gasteiger partial charge in [0.05, 0.1) is 6.61 Å². The maximum atomic E-state index is 11.7. The Hall–Kier alpha value is -0.610. The van der Waals surface area contributed by atoms with E-state index in [1.54, 1.807) is 0 Å². The van der Waals surface area contributed by atoms with Crippen LogP contribution in [0, 0.1) is 0 Å². The van der Waals surface area contributed by atoms with Gasteiger partial charge >= 0.3 is 0 Å². The molecule has 2 fully saturated rings. The second kappa shape index (κ2) is 3.21. The van der Waals surface area contributed by atoms with Gasteiger partial charge in [-0.3, -0.25) is 9.69 Å². The van der Waals surface area contributed by atoms with Crippen molar-refractivity contribution in [3.05, 3.63) is 0 Å². The number of nitrogens with one attached hydrogen (secondary N) is 1. The molecule has 1 saturated heterocycles. The zero-order valence-electron chi connectivity index (χ0n) is 8.79. The van der Waals surface area contributed by atoms with E-state index in [-0.39, 0.29) is 24.1 Å². The summed E-state index contributed by atoms with van der Waals surface area (Å²) in [5, 5.41) is 12.1. The summed E-state index contributed by atoms with van der Waals surface area (Å²) in [6, 6.07) is 0.202. The fourth-order valence-corrected chi connectivity index (χ4v) is 2.15. The van der Waals surface area contributed by atoms with Gasteiger partial charge in [0.25, 0.3) is 0 Å². The molecular formula is C10H18N2O2. The van der Waals surface area contributed by atoms with Crippen LogP contribution in [-0.4, -0.2) is 46.7 Å². The number of hydrogen-bond acceptors (Lipinski definition) is 3. The number of piperazine rings is 1. The van der Waals surface area contributed by atoms with Crippen molar-refractivity contribution in [2.24, 2.45) is 0 Å². The van der Waals surface area contributed by atoms with Crippen molar-refractivity contribution in [3.63, 3.8) is 0 Å². The summed E-state index contributed by atoms with van der Waals surface area (Å²) in [7, 11) is 0. The first-order valence-corrected chi connectivity index (χ1v) is 5.22. The van der Waals surface area contributed by atoms with Crippen molar-refractivity contribution < 1.29 is 9.90 Å². The molecule has 0 aromatic rings. The lowest BCUT2D eigenvalue weighted by atomic mass is 9.98. The van der Waals surface area contributed by atoms with Gasteiger partial charge in [-0.25, -0.2) is 0 Å². The molecule has 1 saturated carbocycles. The van der Waals surface area contributed by atoms with Gasteiger partial charge in [0, 0.05) is 18.1 Å². The Bertz CT molecular complexity index is 249. The summed E-state index contributed by atoms with van der Waals surface area (Å²) in [5.74, 6) is -0.0318. The van der Waals surface area contributed by atoms with E-state index in [2.05, 4.69) is 10.2 Å². The zero-order chi connectivity index (χ0) is 10.3. The Kier molecular flexibility index (Phi) is 2.27. The van der Waals surface area contributed by atoms with E-state index in [0.717, 1.165) is 6.54 Å². The van der Waals surface area contributed by atoms with Crippen molar-refractivity contribution in [2.75, 3.05) is 13.2 Å². The lowest BCUT2D eigenvalue weighted by molar-refractivity contribution is -0.135. The molecule has 1 unspecified atom stereocenters. The van der Waals surface area contributed by atoms with Crippen LogP contribution in [0.1, 0.15) is 26.7 Å². The van der Waals surface area contributed by atoms with Crippen LogP contribution in [0.5, 0.6) is 0 Å². The van der Waals surface area contributed by atoms with Gasteiger partial charge in [-0.05, 0) is 26.7 Å². The molecule has 0 aromatic heterocycles. The van der Waals surface area contributed by atoms with Crippen LogP contribution in [0.4, 0.5) is 0 Å². The van der Waals surface area contributed by atoms with Crippen molar-refractivity contribution in [1.82, 2.24) is 10.2 Å². The highest BCUT2D eigenvalue weighted by Crippen LogP contribution is 2.31. The smallest absolute Gasteiger partial charge is 0.240 e. The van der Waals surface area contributed by atoms with Crippen LogP contribution in [0.25, 0.3) is 0 Å². The first-order chi connectivity index (χ1) is 6.53. The summed E-state index contributed by atoms with van der Waals surface area (Å²) >= 11 is 0.